The van der Waals surface area contributed by atoms with E-state index in [0.29, 0.717) is 24.5 Å². The first-order valence-electron chi connectivity index (χ1n) is 7.85. The topological polar surface area (TPSA) is 63.4 Å². The SMILES string of the molecule is CCCCN(CCCC)S(=O)(=O)c1ccc(CCN)cc1. The molecule has 1 aromatic rings. The molecular formula is C16H28N2O2S. The molecule has 120 valence electrons. The molecule has 1 aromatic carbocycles. The van der Waals surface area contributed by atoms with Crippen LogP contribution in [-0.4, -0.2) is 32.4 Å². The van der Waals surface area contributed by atoms with Crippen molar-refractivity contribution in [1.82, 2.24) is 4.31 Å². The van der Waals surface area contributed by atoms with Gasteiger partial charge in [-0.1, -0.05) is 38.8 Å². The number of rotatable bonds is 10. The molecule has 0 aliphatic rings. The quantitative estimate of drug-likeness (QED) is 0.722. The average molecular weight is 312 g/mol. The summed E-state index contributed by atoms with van der Waals surface area (Å²) in [6.45, 7) is 5.93. The zero-order chi connectivity index (χ0) is 15.7. The van der Waals surface area contributed by atoms with Crippen LogP contribution in [0.1, 0.15) is 45.1 Å². The third-order valence-electron chi connectivity index (χ3n) is 3.52. The van der Waals surface area contributed by atoms with Gasteiger partial charge in [-0.15, -0.1) is 0 Å². The van der Waals surface area contributed by atoms with Crippen molar-refractivity contribution in [3.05, 3.63) is 29.8 Å². The van der Waals surface area contributed by atoms with E-state index in [1.165, 1.54) is 0 Å². The van der Waals surface area contributed by atoms with Gasteiger partial charge in [0.25, 0.3) is 0 Å². The van der Waals surface area contributed by atoms with Crippen LogP contribution < -0.4 is 5.73 Å². The predicted molar refractivity (Wildman–Crippen MR) is 87.8 cm³/mol. The van der Waals surface area contributed by atoms with Gasteiger partial charge in [-0.3, -0.25) is 0 Å². The molecule has 1 rings (SSSR count). The summed E-state index contributed by atoms with van der Waals surface area (Å²) in [6.07, 6.45) is 4.55. The zero-order valence-electron chi connectivity index (χ0n) is 13.2. The Hall–Kier alpha value is -0.910. The summed E-state index contributed by atoms with van der Waals surface area (Å²) in [5.41, 5.74) is 6.59. The van der Waals surface area contributed by atoms with Crippen molar-refractivity contribution in [3.63, 3.8) is 0 Å². The Morgan fingerprint density at radius 2 is 1.52 bits per heavy atom. The average Bonchev–Trinajstić information content (AvgIpc) is 2.48. The largest absolute Gasteiger partial charge is 0.330 e. The molecule has 0 bridgehead atoms. The highest BCUT2D eigenvalue weighted by molar-refractivity contribution is 7.89. The van der Waals surface area contributed by atoms with Crippen LogP contribution in [0.4, 0.5) is 0 Å². The fourth-order valence-corrected chi connectivity index (χ4v) is 3.68. The number of benzene rings is 1. The van der Waals surface area contributed by atoms with Gasteiger partial charge in [0.2, 0.25) is 10.0 Å². The lowest BCUT2D eigenvalue weighted by Crippen LogP contribution is -2.33. The van der Waals surface area contributed by atoms with E-state index in [1.807, 2.05) is 12.1 Å². The van der Waals surface area contributed by atoms with Crippen LogP contribution in [0.15, 0.2) is 29.2 Å². The second kappa shape index (κ2) is 9.18. The maximum absolute atomic E-state index is 12.7. The van der Waals surface area contributed by atoms with E-state index in [0.717, 1.165) is 37.7 Å². The molecule has 0 radical (unpaired) electrons. The summed E-state index contributed by atoms with van der Waals surface area (Å²) >= 11 is 0. The van der Waals surface area contributed by atoms with E-state index in [1.54, 1.807) is 16.4 Å². The van der Waals surface area contributed by atoms with Crippen molar-refractivity contribution in [3.8, 4) is 0 Å². The standard InChI is InChI=1S/C16H28N2O2S/c1-3-5-13-18(14-6-4-2)21(19,20)16-9-7-15(8-10-16)11-12-17/h7-10H,3-6,11-14,17H2,1-2H3. The summed E-state index contributed by atoms with van der Waals surface area (Å²) in [5.74, 6) is 0. The molecule has 0 aliphatic heterocycles. The van der Waals surface area contributed by atoms with Crippen LogP contribution in [0.3, 0.4) is 0 Å². The maximum atomic E-state index is 12.7. The predicted octanol–water partition coefficient (Wildman–Crippen LogP) is 2.78. The molecule has 0 saturated carbocycles. The Balaban J connectivity index is 2.92. The van der Waals surface area contributed by atoms with Crippen molar-refractivity contribution in [2.24, 2.45) is 5.73 Å². The molecule has 0 heterocycles. The molecular weight excluding hydrogens is 284 g/mol. The number of nitrogens with two attached hydrogens (primary N) is 1. The van der Waals surface area contributed by atoms with Crippen LogP contribution in [0, 0.1) is 0 Å². The van der Waals surface area contributed by atoms with E-state index in [4.69, 9.17) is 5.73 Å². The molecule has 0 atom stereocenters. The van der Waals surface area contributed by atoms with Gasteiger partial charge in [0.15, 0.2) is 0 Å². The molecule has 0 saturated heterocycles. The van der Waals surface area contributed by atoms with Crippen LogP contribution in [0.2, 0.25) is 0 Å². The van der Waals surface area contributed by atoms with Gasteiger partial charge in [0.05, 0.1) is 4.90 Å². The first-order chi connectivity index (χ1) is 10.1. The minimum absolute atomic E-state index is 0.385. The van der Waals surface area contributed by atoms with Crippen molar-refractivity contribution >= 4 is 10.0 Å². The van der Waals surface area contributed by atoms with Crippen LogP contribution in [0.5, 0.6) is 0 Å². The number of hydrogen-bond acceptors (Lipinski definition) is 3. The normalized spacial score (nSPS) is 12.0. The molecule has 0 fully saturated rings. The highest BCUT2D eigenvalue weighted by Crippen LogP contribution is 2.18. The summed E-state index contributed by atoms with van der Waals surface area (Å²) in [6, 6.07) is 7.12. The van der Waals surface area contributed by atoms with Gasteiger partial charge < -0.3 is 5.73 Å². The Labute approximate surface area is 129 Å². The highest BCUT2D eigenvalue weighted by atomic mass is 32.2. The van der Waals surface area contributed by atoms with Gasteiger partial charge in [-0.05, 0) is 43.5 Å². The fraction of sp³-hybridized carbons (Fsp3) is 0.625. The smallest absolute Gasteiger partial charge is 0.243 e. The lowest BCUT2D eigenvalue weighted by molar-refractivity contribution is 0.395. The first kappa shape index (κ1) is 18.1. The van der Waals surface area contributed by atoms with Crippen molar-refractivity contribution < 1.29 is 8.42 Å². The summed E-state index contributed by atoms with van der Waals surface area (Å²) in [4.78, 5) is 0.385. The van der Waals surface area contributed by atoms with E-state index < -0.39 is 10.0 Å². The minimum Gasteiger partial charge on any atom is -0.330 e. The first-order valence-corrected chi connectivity index (χ1v) is 9.29. The Bertz CT molecular complexity index is 490. The molecule has 5 heteroatoms. The van der Waals surface area contributed by atoms with Crippen molar-refractivity contribution in [2.45, 2.75) is 50.8 Å². The van der Waals surface area contributed by atoms with E-state index in [9.17, 15) is 8.42 Å². The summed E-state index contributed by atoms with van der Waals surface area (Å²) in [7, 11) is -3.38. The van der Waals surface area contributed by atoms with Crippen molar-refractivity contribution in [2.75, 3.05) is 19.6 Å². The van der Waals surface area contributed by atoms with Gasteiger partial charge in [0.1, 0.15) is 0 Å². The second-order valence-electron chi connectivity index (χ2n) is 5.29. The minimum atomic E-state index is -3.38. The number of nitrogens with zero attached hydrogens (tertiary/aromatic N) is 1. The summed E-state index contributed by atoms with van der Waals surface area (Å²) in [5, 5.41) is 0. The maximum Gasteiger partial charge on any atom is 0.243 e. The van der Waals surface area contributed by atoms with Crippen LogP contribution in [-0.2, 0) is 16.4 Å². The van der Waals surface area contributed by atoms with Crippen LogP contribution >= 0.6 is 0 Å². The molecule has 0 amide bonds. The fourth-order valence-electron chi connectivity index (χ4n) is 2.16. The van der Waals surface area contributed by atoms with Gasteiger partial charge in [-0.2, -0.15) is 4.31 Å². The molecule has 0 aliphatic carbocycles. The molecule has 0 unspecified atom stereocenters. The zero-order valence-corrected chi connectivity index (χ0v) is 14.0. The third kappa shape index (κ3) is 5.41. The lowest BCUT2D eigenvalue weighted by Gasteiger charge is -2.22. The van der Waals surface area contributed by atoms with Crippen molar-refractivity contribution in [1.29, 1.82) is 0 Å². The molecule has 21 heavy (non-hydrogen) atoms. The molecule has 0 aromatic heterocycles. The summed E-state index contributed by atoms with van der Waals surface area (Å²) < 4.78 is 27.1. The van der Waals surface area contributed by atoms with E-state index >= 15 is 0 Å². The molecule has 2 N–H and O–H groups in total. The molecule has 4 nitrogen and oxygen atoms in total. The second-order valence-corrected chi connectivity index (χ2v) is 7.23. The van der Waals surface area contributed by atoms with Gasteiger partial charge >= 0.3 is 0 Å². The lowest BCUT2D eigenvalue weighted by atomic mass is 10.2. The van der Waals surface area contributed by atoms with E-state index in [2.05, 4.69) is 13.8 Å². The molecule has 0 spiro atoms. The Morgan fingerprint density at radius 1 is 1.00 bits per heavy atom. The van der Waals surface area contributed by atoms with Gasteiger partial charge in [0, 0.05) is 13.1 Å². The van der Waals surface area contributed by atoms with E-state index in [-0.39, 0.29) is 0 Å². The number of hydrogen-bond donors (Lipinski definition) is 1. The van der Waals surface area contributed by atoms with Crippen LogP contribution in [0.25, 0.3) is 0 Å². The number of sulfonamides is 1. The number of unbranched alkanes of at least 4 members (excludes halogenated alkanes) is 2. The monoisotopic (exact) mass is 312 g/mol. The highest BCUT2D eigenvalue weighted by Gasteiger charge is 2.23. The third-order valence-corrected chi connectivity index (χ3v) is 5.43. The Morgan fingerprint density at radius 3 is 1.95 bits per heavy atom. The van der Waals surface area contributed by atoms with Gasteiger partial charge in [-0.25, -0.2) is 8.42 Å². The Kier molecular flexibility index (Phi) is 7.93.